The number of nitrogens with two attached hydrogens (primary N) is 1. The van der Waals surface area contributed by atoms with Crippen molar-refractivity contribution in [2.45, 2.75) is 6.61 Å². The van der Waals surface area contributed by atoms with Crippen molar-refractivity contribution in [2.24, 2.45) is 0 Å². The van der Waals surface area contributed by atoms with Crippen molar-refractivity contribution in [1.82, 2.24) is 0 Å². The fourth-order valence-electron chi connectivity index (χ4n) is 3.57. The first-order valence-corrected chi connectivity index (χ1v) is 10.2. The Balaban J connectivity index is 1.66. The molecule has 0 bridgehead atoms. The summed E-state index contributed by atoms with van der Waals surface area (Å²) >= 11 is 0. The van der Waals surface area contributed by atoms with Crippen LogP contribution >= 0.6 is 0 Å². The monoisotopic (exact) mass is 427 g/mol. The Morgan fingerprint density at radius 1 is 0.688 bits per heavy atom. The molecule has 0 aliphatic rings. The van der Waals surface area contributed by atoms with Gasteiger partial charge in [-0.05, 0) is 53.1 Å². The molecule has 0 spiro atoms. The van der Waals surface area contributed by atoms with Gasteiger partial charge in [0.05, 0.1) is 19.9 Å². The van der Waals surface area contributed by atoms with Crippen molar-refractivity contribution in [1.29, 1.82) is 0 Å². The van der Waals surface area contributed by atoms with Gasteiger partial charge in [0.15, 0.2) is 0 Å². The maximum atomic E-state index is 9.60. The minimum atomic E-state index is 0.210. The molecule has 0 aliphatic carbocycles. The lowest BCUT2D eigenvalue weighted by Crippen LogP contribution is -1.99. The summed E-state index contributed by atoms with van der Waals surface area (Å²) in [5.41, 5.74) is 11.4. The molecule has 0 aromatic heterocycles. The minimum absolute atomic E-state index is 0.210. The Morgan fingerprint density at radius 3 is 1.88 bits per heavy atom. The fraction of sp³-hybridized carbons (Fsp3) is 0.111. The molecule has 32 heavy (non-hydrogen) atoms. The highest BCUT2D eigenvalue weighted by Crippen LogP contribution is 2.42. The molecule has 0 aliphatic heterocycles. The molecule has 0 amide bonds. The molecule has 0 saturated carbocycles. The maximum Gasteiger partial charge on any atom is 0.142 e. The Kier molecular flexibility index (Phi) is 6.17. The molecule has 5 heteroatoms. The van der Waals surface area contributed by atoms with Gasteiger partial charge in [-0.1, -0.05) is 48.5 Å². The Hall–Kier alpha value is -4.12. The summed E-state index contributed by atoms with van der Waals surface area (Å²) in [6.45, 7) is 0.447. The van der Waals surface area contributed by atoms with Crippen LogP contribution < -0.4 is 19.9 Å². The van der Waals surface area contributed by atoms with Crippen LogP contribution in [0.4, 0.5) is 5.69 Å². The number of methoxy groups -OCH3 is 2. The highest BCUT2D eigenvalue weighted by molar-refractivity contribution is 5.83. The SMILES string of the molecule is COc1cc(-c2ccc(OCc3ccccc3)c(N)c2)c(OC)cc1-c1ccc(O)cc1. The van der Waals surface area contributed by atoms with E-state index in [9.17, 15) is 5.11 Å². The molecular formula is C27H25NO4. The molecule has 4 rings (SSSR count). The lowest BCUT2D eigenvalue weighted by atomic mass is 9.97. The van der Waals surface area contributed by atoms with Gasteiger partial charge >= 0.3 is 0 Å². The molecule has 0 atom stereocenters. The van der Waals surface area contributed by atoms with Crippen LogP contribution in [0.2, 0.25) is 0 Å². The Bertz CT molecular complexity index is 1200. The zero-order chi connectivity index (χ0) is 22.5. The molecule has 0 fully saturated rings. The van der Waals surface area contributed by atoms with Crippen LogP contribution in [0.5, 0.6) is 23.0 Å². The molecule has 0 heterocycles. The highest BCUT2D eigenvalue weighted by atomic mass is 16.5. The van der Waals surface area contributed by atoms with E-state index in [1.54, 1.807) is 26.4 Å². The number of hydrogen-bond donors (Lipinski definition) is 2. The Labute approximate surface area is 187 Å². The van der Waals surface area contributed by atoms with Crippen molar-refractivity contribution in [3.8, 4) is 45.3 Å². The molecule has 3 N–H and O–H groups in total. The van der Waals surface area contributed by atoms with Crippen LogP contribution in [0.15, 0.2) is 84.9 Å². The number of anilines is 1. The summed E-state index contributed by atoms with van der Waals surface area (Å²) in [5.74, 6) is 2.21. The van der Waals surface area contributed by atoms with E-state index in [2.05, 4.69) is 0 Å². The van der Waals surface area contributed by atoms with Gasteiger partial charge < -0.3 is 25.1 Å². The number of ether oxygens (including phenoxy) is 3. The van der Waals surface area contributed by atoms with Gasteiger partial charge in [0.1, 0.15) is 29.6 Å². The number of rotatable bonds is 7. The van der Waals surface area contributed by atoms with Crippen molar-refractivity contribution in [2.75, 3.05) is 20.0 Å². The van der Waals surface area contributed by atoms with Crippen molar-refractivity contribution >= 4 is 5.69 Å². The second-order valence-corrected chi connectivity index (χ2v) is 7.33. The number of phenols is 1. The zero-order valence-electron chi connectivity index (χ0n) is 18.0. The second-order valence-electron chi connectivity index (χ2n) is 7.33. The highest BCUT2D eigenvalue weighted by Gasteiger charge is 2.15. The summed E-state index contributed by atoms with van der Waals surface area (Å²) in [4.78, 5) is 0. The van der Waals surface area contributed by atoms with Gasteiger partial charge in [-0.15, -0.1) is 0 Å². The molecule has 0 unspecified atom stereocenters. The minimum Gasteiger partial charge on any atom is -0.508 e. The average molecular weight is 428 g/mol. The molecule has 4 aromatic carbocycles. The number of nitrogen functional groups attached to an aromatic ring is 1. The van der Waals surface area contributed by atoms with E-state index < -0.39 is 0 Å². The molecule has 0 radical (unpaired) electrons. The molecule has 5 nitrogen and oxygen atoms in total. The molecule has 0 saturated heterocycles. The van der Waals surface area contributed by atoms with Crippen LogP contribution in [-0.4, -0.2) is 19.3 Å². The van der Waals surface area contributed by atoms with Gasteiger partial charge in [-0.2, -0.15) is 0 Å². The van der Waals surface area contributed by atoms with Gasteiger partial charge in [0.25, 0.3) is 0 Å². The fourth-order valence-corrected chi connectivity index (χ4v) is 3.57. The van der Waals surface area contributed by atoms with E-state index >= 15 is 0 Å². The van der Waals surface area contributed by atoms with Gasteiger partial charge in [0, 0.05) is 11.1 Å². The van der Waals surface area contributed by atoms with Crippen LogP contribution in [0, 0.1) is 0 Å². The first-order chi connectivity index (χ1) is 15.6. The van der Waals surface area contributed by atoms with Crippen molar-refractivity contribution in [3.05, 3.63) is 90.5 Å². The Morgan fingerprint density at radius 2 is 1.28 bits per heavy atom. The van der Waals surface area contributed by atoms with Crippen LogP contribution in [0.25, 0.3) is 22.3 Å². The number of aromatic hydroxyl groups is 1. The van der Waals surface area contributed by atoms with Crippen LogP contribution in [0.1, 0.15) is 5.56 Å². The van der Waals surface area contributed by atoms with E-state index in [-0.39, 0.29) is 5.75 Å². The second kappa shape index (κ2) is 9.35. The number of benzene rings is 4. The van der Waals surface area contributed by atoms with Crippen molar-refractivity contribution < 1.29 is 19.3 Å². The summed E-state index contributed by atoms with van der Waals surface area (Å²) in [6, 6.07) is 26.5. The van der Waals surface area contributed by atoms with Crippen LogP contribution in [0.3, 0.4) is 0 Å². The van der Waals surface area contributed by atoms with E-state index in [1.165, 1.54) is 0 Å². The lowest BCUT2D eigenvalue weighted by Gasteiger charge is -2.17. The predicted octanol–water partition coefficient (Wildman–Crippen LogP) is 5.90. The van der Waals surface area contributed by atoms with Gasteiger partial charge in [-0.3, -0.25) is 0 Å². The third-order valence-electron chi connectivity index (χ3n) is 5.26. The first-order valence-electron chi connectivity index (χ1n) is 10.2. The number of phenolic OH excluding ortho intramolecular Hbond substituents is 1. The maximum absolute atomic E-state index is 9.60. The number of hydrogen-bond acceptors (Lipinski definition) is 5. The largest absolute Gasteiger partial charge is 0.508 e. The summed E-state index contributed by atoms with van der Waals surface area (Å²) in [7, 11) is 3.26. The molecule has 162 valence electrons. The quantitative estimate of drug-likeness (QED) is 0.359. The molecule has 4 aromatic rings. The zero-order valence-corrected chi connectivity index (χ0v) is 18.0. The van der Waals surface area contributed by atoms with Crippen LogP contribution in [-0.2, 0) is 6.61 Å². The normalized spacial score (nSPS) is 10.6. The predicted molar refractivity (Wildman–Crippen MR) is 127 cm³/mol. The topological polar surface area (TPSA) is 73.9 Å². The molecular weight excluding hydrogens is 402 g/mol. The smallest absolute Gasteiger partial charge is 0.142 e. The van der Waals surface area contributed by atoms with E-state index in [1.807, 2.05) is 72.8 Å². The first kappa shape index (κ1) is 21.1. The van der Waals surface area contributed by atoms with E-state index in [4.69, 9.17) is 19.9 Å². The standard InChI is InChI=1S/C27H25NO4/c1-30-26-16-23(27(31-2)15-22(26)19-8-11-21(29)12-9-19)20-10-13-25(24(28)14-20)32-17-18-6-4-3-5-7-18/h3-16,29H,17,28H2,1-2H3. The third-order valence-corrected chi connectivity index (χ3v) is 5.26. The van der Waals surface area contributed by atoms with Crippen molar-refractivity contribution in [3.63, 3.8) is 0 Å². The summed E-state index contributed by atoms with van der Waals surface area (Å²) in [5, 5.41) is 9.60. The van der Waals surface area contributed by atoms with E-state index in [0.717, 1.165) is 27.8 Å². The summed E-state index contributed by atoms with van der Waals surface area (Å²) < 4.78 is 17.2. The van der Waals surface area contributed by atoms with Gasteiger partial charge in [-0.25, -0.2) is 0 Å². The van der Waals surface area contributed by atoms with E-state index in [0.29, 0.717) is 29.5 Å². The third kappa shape index (κ3) is 4.47. The van der Waals surface area contributed by atoms with Gasteiger partial charge in [0.2, 0.25) is 0 Å². The summed E-state index contributed by atoms with van der Waals surface area (Å²) in [6.07, 6.45) is 0. The lowest BCUT2D eigenvalue weighted by molar-refractivity contribution is 0.308. The average Bonchev–Trinajstić information content (AvgIpc) is 2.83.